The minimum atomic E-state index is -4.95. The van der Waals surface area contributed by atoms with Crippen LogP contribution in [-0.2, 0) is 65.4 Å². The number of carbonyl (C=O) groups excluding carboxylic acids is 4. The first kappa shape index (κ1) is 88.1. The van der Waals surface area contributed by atoms with Crippen LogP contribution in [0.4, 0.5) is 0 Å². The van der Waals surface area contributed by atoms with E-state index in [2.05, 4.69) is 48.5 Å². The van der Waals surface area contributed by atoms with Crippen LogP contribution in [0.5, 0.6) is 0 Å². The van der Waals surface area contributed by atoms with Crippen molar-refractivity contribution in [2.45, 2.75) is 375 Å². The number of hydrogen-bond acceptors (Lipinski definition) is 15. The van der Waals surface area contributed by atoms with Crippen molar-refractivity contribution in [3.63, 3.8) is 0 Å². The third-order valence-electron chi connectivity index (χ3n) is 16.4. The summed E-state index contributed by atoms with van der Waals surface area (Å²) in [5.74, 6) is 0.197. The molecule has 0 fully saturated rings. The van der Waals surface area contributed by atoms with Gasteiger partial charge in [0.2, 0.25) is 0 Å². The summed E-state index contributed by atoms with van der Waals surface area (Å²) in [5.41, 5.74) is 0. The van der Waals surface area contributed by atoms with Crippen LogP contribution < -0.4 is 0 Å². The van der Waals surface area contributed by atoms with Gasteiger partial charge < -0.3 is 33.8 Å². The van der Waals surface area contributed by atoms with Gasteiger partial charge >= 0.3 is 39.5 Å². The zero-order chi connectivity index (χ0) is 66.6. The Bertz CT molecular complexity index is 1770. The molecule has 3 N–H and O–H groups in total. The molecule has 0 heterocycles. The van der Waals surface area contributed by atoms with Gasteiger partial charge in [-0.2, -0.15) is 0 Å². The van der Waals surface area contributed by atoms with E-state index < -0.39 is 97.5 Å². The van der Waals surface area contributed by atoms with Crippen LogP contribution in [0.3, 0.4) is 0 Å². The summed E-state index contributed by atoms with van der Waals surface area (Å²) in [5, 5.41) is 10.6. The second kappa shape index (κ2) is 61.9. The largest absolute Gasteiger partial charge is 0.472 e. The van der Waals surface area contributed by atoms with E-state index in [1.807, 2.05) is 0 Å². The predicted octanol–water partition coefficient (Wildman–Crippen LogP) is 20.2. The van der Waals surface area contributed by atoms with Gasteiger partial charge in [-0.1, -0.05) is 305 Å². The van der Waals surface area contributed by atoms with Crippen LogP contribution in [-0.4, -0.2) is 96.7 Å². The molecular weight excluding hydrogens is 1190 g/mol. The Hall–Kier alpha value is -1.94. The van der Waals surface area contributed by atoms with Crippen molar-refractivity contribution >= 4 is 39.5 Å². The summed E-state index contributed by atoms with van der Waals surface area (Å²) in [4.78, 5) is 72.3. The number of aliphatic hydroxyl groups is 1. The van der Waals surface area contributed by atoms with E-state index in [1.165, 1.54) is 161 Å². The average molecular weight is 1330 g/mol. The molecule has 0 saturated carbocycles. The van der Waals surface area contributed by atoms with Gasteiger partial charge in [0, 0.05) is 25.7 Å². The minimum Gasteiger partial charge on any atom is -0.462 e. The number of ether oxygens (including phenoxy) is 4. The van der Waals surface area contributed by atoms with Crippen LogP contribution in [0.25, 0.3) is 0 Å². The summed E-state index contributed by atoms with van der Waals surface area (Å²) < 4.78 is 68.1. The lowest BCUT2D eigenvalue weighted by molar-refractivity contribution is -0.161. The van der Waals surface area contributed by atoms with Crippen molar-refractivity contribution < 1.29 is 80.2 Å². The lowest BCUT2D eigenvalue weighted by Gasteiger charge is -2.21. The van der Waals surface area contributed by atoms with Gasteiger partial charge in [0.05, 0.1) is 26.4 Å². The molecule has 0 aromatic heterocycles. The molecule has 90 heavy (non-hydrogen) atoms. The molecule has 0 radical (unpaired) electrons. The number of aliphatic hydroxyl groups excluding tert-OH is 1. The van der Waals surface area contributed by atoms with Gasteiger partial charge in [0.25, 0.3) is 0 Å². The molecule has 2 unspecified atom stereocenters. The number of phosphoric acid groups is 2. The Morgan fingerprint density at radius 2 is 0.511 bits per heavy atom. The molecular formula is C71H138O17P2. The first-order valence-corrected chi connectivity index (χ1v) is 39.8. The molecule has 0 aliphatic rings. The number of rotatable bonds is 69. The molecule has 0 aromatic rings. The maximum Gasteiger partial charge on any atom is 0.472 e. The van der Waals surface area contributed by atoms with Gasteiger partial charge in [-0.25, -0.2) is 9.13 Å². The van der Waals surface area contributed by atoms with Gasteiger partial charge in [-0.3, -0.25) is 37.3 Å². The van der Waals surface area contributed by atoms with Crippen LogP contribution in [0.2, 0.25) is 0 Å². The third kappa shape index (κ3) is 64.8. The highest BCUT2D eigenvalue weighted by Crippen LogP contribution is 2.45. The van der Waals surface area contributed by atoms with Crippen molar-refractivity contribution in [2.75, 3.05) is 39.6 Å². The minimum absolute atomic E-state index is 0.105. The van der Waals surface area contributed by atoms with Gasteiger partial charge in [-0.15, -0.1) is 0 Å². The Kier molecular flexibility index (Phi) is 60.6. The molecule has 17 nitrogen and oxygen atoms in total. The summed E-state index contributed by atoms with van der Waals surface area (Å²) >= 11 is 0. The summed E-state index contributed by atoms with van der Waals surface area (Å²) in [6, 6.07) is 0. The lowest BCUT2D eigenvalue weighted by Crippen LogP contribution is -2.30. The van der Waals surface area contributed by atoms with E-state index in [9.17, 15) is 43.2 Å². The molecule has 0 bridgehead atoms. The zero-order valence-corrected chi connectivity index (χ0v) is 60.4. The van der Waals surface area contributed by atoms with E-state index in [0.29, 0.717) is 25.7 Å². The van der Waals surface area contributed by atoms with Gasteiger partial charge in [0.15, 0.2) is 12.2 Å². The fourth-order valence-corrected chi connectivity index (χ4v) is 12.3. The van der Waals surface area contributed by atoms with Gasteiger partial charge in [0.1, 0.15) is 19.3 Å². The van der Waals surface area contributed by atoms with E-state index in [1.54, 1.807) is 0 Å². The number of esters is 4. The molecule has 0 rings (SSSR count). The zero-order valence-electron chi connectivity index (χ0n) is 58.6. The van der Waals surface area contributed by atoms with Crippen LogP contribution in [0, 0.1) is 17.8 Å². The van der Waals surface area contributed by atoms with Crippen LogP contribution in [0.15, 0.2) is 0 Å². The van der Waals surface area contributed by atoms with Crippen LogP contribution in [0.1, 0.15) is 357 Å². The topological polar surface area (TPSA) is 237 Å². The smallest absolute Gasteiger partial charge is 0.462 e. The SMILES string of the molecule is CCCCCCCC(=O)OC[C@H](COP(=O)(O)OC[C@H](O)COP(=O)(O)OC[C@@H](COC(=O)CCCCCCCCCCCCCC(C)C)OC(=O)CCCCCCCCCCCCCCCCC(C)C)OC(=O)CCCCCCCCCCCCCC(C)C. The number of unbranched alkanes of at least 4 members (excludes halogenated alkanes) is 37. The molecule has 19 heteroatoms. The number of hydrogen-bond donors (Lipinski definition) is 3. The standard InChI is InChI=1S/C71H138O17P2/c1-8-9-10-35-45-52-68(73)81-58-66(87-70(75)55-48-41-34-28-22-16-19-25-31-38-44-51-64(6)7)60-85-89(77,78)83-56-65(72)57-84-90(79,80)86-61-67(59-82-69(74)53-46-39-32-26-21-15-18-24-30-37-43-50-63(4)5)88-71(76)54-47-40-33-27-20-14-12-11-13-17-23-29-36-42-49-62(2)3/h62-67,72H,8-61H2,1-7H3,(H,77,78)(H,79,80)/t65-,66+,67+/m0/s1. The lowest BCUT2D eigenvalue weighted by atomic mass is 10.0. The van der Waals surface area contributed by atoms with Crippen molar-refractivity contribution in [3.05, 3.63) is 0 Å². The maximum absolute atomic E-state index is 13.0. The quantitative estimate of drug-likeness (QED) is 0.0222. The highest BCUT2D eigenvalue weighted by Gasteiger charge is 2.30. The number of carbonyl (C=O) groups is 4. The van der Waals surface area contributed by atoms with Crippen molar-refractivity contribution in [1.82, 2.24) is 0 Å². The second-order valence-corrected chi connectivity index (χ2v) is 30.0. The molecule has 0 spiro atoms. The summed E-state index contributed by atoms with van der Waals surface area (Å²) in [7, 11) is -9.89. The monoisotopic (exact) mass is 1320 g/mol. The average Bonchev–Trinajstić information content (AvgIpc) is 3.58. The second-order valence-electron chi connectivity index (χ2n) is 27.1. The van der Waals surface area contributed by atoms with Crippen molar-refractivity contribution in [3.8, 4) is 0 Å². The highest BCUT2D eigenvalue weighted by atomic mass is 31.2. The molecule has 534 valence electrons. The third-order valence-corrected chi connectivity index (χ3v) is 18.3. The Morgan fingerprint density at radius 1 is 0.300 bits per heavy atom. The van der Waals surface area contributed by atoms with Crippen LogP contribution >= 0.6 is 15.6 Å². The molecule has 0 aliphatic heterocycles. The van der Waals surface area contributed by atoms with E-state index >= 15 is 0 Å². The van der Waals surface area contributed by atoms with Crippen molar-refractivity contribution in [2.24, 2.45) is 17.8 Å². The fourth-order valence-electron chi connectivity index (χ4n) is 10.7. The fraction of sp³-hybridized carbons (Fsp3) is 0.944. The molecule has 0 saturated heterocycles. The van der Waals surface area contributed by atoms with E-state index in [-0.39, 0.29) is 25.7 Å². The van der Waals surface area contributed by atoms with Gasteiger partial charge in [-0.05, 0) is 43.4 Å². The Balaban J connectivity index is 5.16. The maximum atomic E-state index is 13.0. The molecule has 0 aromatic carbocycles. The first-order valence-electron chi connectivity index (χ1n) is 36.8. The normalized spacial score (nSPS) is 14.2. The summed E-state index contributed by atoms with van der Waals surface area (Å²) in [6.45, 7) is 11.8. The first-order chi connectivity index (χ1) is 43.2. The van der Waals surface area contributed by atoms with E-state index in [4.69, 9.17) is 37.0 Å². The van der Waals surface area contributed by atoms with Crippen molar-refractivity contribution in [1.29, 1.82) is 0 Å². The molecule has 0 aliphatic carbocycles. The number of phosphoric ester groups is 2. The molecule has 0 amide bonds. The summed E-state index contributed by atoms with van der Waals surface area (Å²) in [6.07, 6.45) is 46.1. The van der Waals surface area contributed by atoms with E-state index in [0.717, 1.165) is 114 Å². The Labute approximate surface area is 549 Å². The predicted molar refractivity (Wildman–Crippen MR) is 363 cm³/mol. The highest BCUT2D eigenvalue weighted by molar-refractivity contribution is 7.47. The molecule has 5 atom stereocenters. The Morgan fingerprint density at radius 3 is 0.756 bits per heavy atom.